The van der Waals surface area contributed by atoms with Gasteiger partial charge in [0.2, 0.25) is 0 Å². The van der Waals surface area contributed by atoms with Crippen LogP contribution in [0.1, 0.15) is 18.4 Å². The van der Waals surface area contributed by atoms with Gasteiger partial charge in [0.05, 0.1) is 13.7 Å². The quantitative estimate of drug-likeness (QED) is 0.809. The Morgan fingerprint density at radius 3 is 2.95 bits per heavy atom. The van der Waals surface area contributed by atoms with Crippen LogP contribution in [0, 0.1) is 0 Å². The predicted molar refractivity (Wildman–Crippen MR) is 80.6 cm³/mol. The van der Waals surface area contributed by atoms with Crippen molar-refractivity contribution in [3.8, 4) is 11.5 Å². The van der Waals surface area contributed by atoms with E-state index in [1.807, 2.05) is 29.1 Å². The lowest BCUT2D eigenvalue weighted by atomic mass is 10.2. The molecule has 0 bridgehead atoms. The van der Waals surface area contributed by atoms with Crippen molar-refractivity contribution >= 4 is 0 Å². The van der Waals surface area contributed by atoms with Gasteiger partial charge in [0, 0.05) is 30.5 Å². The molecule has 0 radical (unpaired) electrons. The van der Waals surface area contributed by atoms with Crippen LogP contribution in [0.3, 0.4) is 0 Å². The zero-order valence-electron chi connectivity index (χ0n) is 12.3. The maximum Gasteiger partial charge on any atom is 0.165 e. The Morgan fingerprint density at radius 2 is 2.24 bits per heavy atom. The van der Waals surface area contributed by atoms with Gasteiger partial charge in [-0.25, -0.2) is 0 Å². The fourth-order valence-electron chi connectivity index (χ4n) is 2.24. The number of nitrogens with one attached hydrogen (secondary N) is 1. The van der Waals surface area contributed by atoms with Crippen LogP contribution in [0.5, 0.6) is 11.5 Å². The van der Waals surface area contributed by atoms with Crippen LogP contribution >= 0.6 is 0 Å². The smallest absolute Gasteiger partial charge is 0.165 e. The third-order valence-corrected chi connectivity index (χ3v) is 3.56. The molecular weight excluding hydrogens is 266 g/mol. The van der Waals surface area contributed by atoms with Crippen molar-refractivity contribution in [1.29, 1.82) is 0 Å². The van der Waals surface area contributed by atoms with E-state index < -0.39 is 0 Å². The highest BCUT2D eigenvalue weighted by Crippen LogP contribution is 2.31. The molecule has 21 heavy (non-hydrogen) atoms. The molecule has 1 aliphatic rings. The normalized spacial score (nSPS) is 14.1. The lowest BCUT2D eigenvalue weighted by Crippen LogP contribution is -2.17. The highest BCUT2D eigenvalue weighted by Gasteiger charge is 2.21. The van der Waals surface area contributed by atoms with Crippen molar-refractivity contribution in [1.82, 2.24) is 15.1 Å². The second-order valence-corrected chi connectivity index (χ2v) is 5.22. The SMILES string of the molecule is COc1cccc(CNC2CC2)c1OCCn1cccn1. The van der Waals surface area contributed by atoms with Crippen LogP contribution in [-0.4, -0.2) is 29.5 Å². The minimum atomic E-state index is 0.568. The number of methoxy groups -OCH3 is 1. The van der Waals surface area contributed by atoms with E-state index in [0.717, 1.165) is 30.2 Å². The van der Waals surface area contributed by atoms with Gasteiger partial charge in [0.15, 0.2) is 11.5 Å². The van der Waals surface area contributed by atoms with Crippen LogP contribution in [0.2, 0.25) is 0 Å². The molecule has 0 aliphatic heterocycles. The van der Waals surface area contributed by atoms with Gasteiger partial charge in [0.25, 0.3) is 0 Å². The van der Waals surface area contributed by atoms with Gasteiger partial charge in [0.1, 0.15) is 6.61 Å². The fraction of sp³-hybridized carbons (Fsp3) is 0.438. The summed E-state index contributed by atoms with van der Waals surface area (Å²) in [6, 6.07) is 8.61. The van der Waals surface area contributed by atoms with E-state index in [0.29, 0.717) is 12.6 Å². The highest BCUT2D eigenvalue weighted by molar-refractivity contribution is 5.46. The molecule has 5 heteroatoms. The molecule has 1 heterocycles. The van der Waals surface area contributed by atoms with Crippen LogP contribution in [0.15, 0.2) is 36.7 Å². The lowest BCUT2D eigenvalue weighted by Gasteiger charge is -2.15. The summed E-state index contributed by atoms with van der Waals surface area (Å²) < 4.78 is 13.2. The first-order valence-corrected chi connectivity index (χ1v) is 7.36. The number of aromatic nitrogens is 2. The molecule has 2 aromatic rings. The Balaban J connectivity index is 1.64. The monoisotopic (exact) mass is 287 g/mol. The van der Waals surface area contributed by atoms with Crippen molar-refractivity contribution in [2.24, 2.45) is 0 Å². The first-order valence-electron chi connectivity index (χ1n) is 7.36. The van der Waals surface area contributed by atoms with E-state index in [1.54, 1.807) is 13.3 Å². The first-order chi connectivity index (χ1) is 10.4. The van der Waals surface area contributed by atoms with Crippen molar-refractivity contribution in [2.45, 2.75) is 32.0 Å². The van der Waals surface area contributed by atoms with Gasteiger partial charge in [-0.1, -0.05) is 12.1 Å². The molecule has 0 saturated heterocycles. The molecule has 0 spiro atoms. The minimum Gasteiger partial charge on any atom is -0.493 e. The zero-order chi connectivity index (χ0) is 14.5. The molecule has 1 fully saturated rings. The molecule has 0 amide bonds. The molecule has 0 atom stereocenters. The molecule has 3 rings (SSSR count). The largest absolute Gasteiger partial charge is 0.493 e. The molecule has 1 N–H and O–H groups in total. The lowest BCUT2D eigenvalue weighted by molar-refractivity contribution is 0.271. The van der Waals surface area contributed by atoms with Crippen molar-refractivity contribution < 1.29 is 9.47 Å². The van der Waals surface area contributed by atoms with E-state index in [9.17, 15) is 0 Å². The molecule has 1 aliphatic carbocycles. The van der Waals surface area contributed by atoms with Gasteiger partial charge in [-0.05, 0) is 25.0 Å². The van der Waals surface area contributed by atoms with Gasteiger partial charge in [-0.2, -0.15) is 5.10 Å². The summed E-state index contributed by atoms with van der Waals surface area (Å²) in [5.74, 6) is 1.62. The Morgan fingerprint density at radius 1 is 1.33 bits per heavy atom. The minimum absolute atomic E-state index is 0.568. The second kappa shape index (κ2) is 6.63. The number of hydrogen-bond acceptors (Lipinski definition) is 4. The zero-order valence-corrected chi connectivity index (χ0v) is 12.3. The number of para-hydroxylation sites is 1. The number of hydrogen-bond donors (Lipinski definition) is 1. The fourth-order valence-corrected chi connectivity index (χ4v) is 2.24. The van der Waals surface area contributed by atoms with Gasteiger partial charge >= 0.3 is 0 Å². The van der Waals surface area contributed by atoms with Crippen molar-refractivity contribution in [2.75, 3.05) is 13.7 Å². The van der Waals surface area contributed by atoms with E-state index >= 15 is 0 Å². The summed E-state index contributed by atoms with van der Waals surface area (Å²) in [5.41, 5.74) is 1.14. The maximum absolute atomic E-state index is 5.96. The molecule has 0 unspecified atom stereocenters. The third-order valence-electron chi connectivity index (χ3n) is 3.56. The third kappa shape index (κ3) is 3.76. The highest BCUT2D eigenvalue weighted by atomic mass is 16.5. The van der Waals surface area contributed by atoms with Crippen molar-refractivity contribution in [3.05, 3.63) is 42.2 Å². The maximum atomic E-state index is 5.96. The summed E-state index contributed by atoms with van der Waals surface area (Å²) in [6.45, 7) is 2.11. The number of benzene rings is 1. The Hall–Kier alpha value is -2.01. The van der Waals surface area contributed by atoms with Gasteiger partial charge in [-0.15, -0.1) is 0 Å². The van der Waals surface area contributed by atoms with Crippen molar-refractivity contribution in [3.63, 3.8) is 0 Å². The number of ether oxygens (including phenoxy) is 2. The van der Waals surface area contributed by atoms with E-state index in [-0.39, 0.29) is 0 Å². The van der Waals surface area contributed by atoms with Crippen LogP contribution in [0.4, 0.5) is 0 Å². The van der Waals surface area contributed by atoms with E-state index in [2.05, 4.69) is 16.5 Å². The summed E-state index contributed by atoms with van der Waals surface area (Å²) in [4.78, 5) is 0. The Labute approximate surface area is 124 Å². The van der Waals surface area contributed by atoms with E-state index in [4.69, 9.17) is 9.47 Å². The second-order valence-electron chi connectivity index (χ2n) is 5.22. The molecule has 112 valence electrons. The van der Waals surface area contributed by atoms with Gasteiger partial charge in [-0.3, -0.25) is 4.68 Å². The average molecular weight is 287 g/mol. The van der Waals surface area contributed by atoms with Crippen LogP contribution in [-0.2, 0) is 13.1 Å². The van der Waals surface area contributed by atoms with Crippen LogP contribution < -0.4 is 14.8 Å². The Kier molecular flexibility index (Phi) is 4.40. The summed E-state index contributed by atoms with van der Waals surface area (Å²) in [6.07, 6.45) is 6.26. The molecular formula is C16H21N3O2. The summed E-state index contributed by atoms with van der Waals surface area (Å²) in [5, 5.41) is 7.69. The van der Waals surface area contributed by atoms with Crippen LogP contribution in [0.25, 0.3) is 0 Å². The average Bonchev–Trinajstić information content (AvgIpc) is 3.20. The molecule has 5 nitrogen and oxygen atoms in total. The standard InChI is InChI=1S/C16H21N3O2/c1-20-15-5-2-4-13(12-17-14-6-7-14)16(15)21-11-10-19-9-3-8-18-19/h2-5,8-9,14,17H,6-7,10-12H2,1H3. The van der Waals surface area contributed by atoms with E-state index in [1.165, 1.54) is 12.8 Å². The van der Waals surface area contributed by atoms with Gasteiger partial charge < -0.3 is 14.8 Å². The number of rotatable bonds is 8. The molecule has 1 saturated carbocycles. The summed E-state index contributed by atoms with van der Waals surface area (Å²) >= 11 is 0. The summed E-state index contributed by atoms with van der Waals surface area (Å²) in [7, 11) is 1.67. The topological polar surface area (TPSA) is 48.3 Å². The molecule has 1 aromatic carbocycles. The molecule has 1 aromatic heterocycles. The predicted octanol–water partition coefficient (Wildman–Crippen LogP) is 2.22. The Bertz CT molecular complexity index is 565. The first kappa shape index (κ1) is 13.9. The number of nitrogens with zero attached hydrogens (tertiary/aromatic N) is 2.